The Labute approximate surface area is 202 Å². The third-order valence-corrected chi connectivity index (χ3v) is 6.72. The summed E-state index contributed by atoms with van der Waals surface area (Å²) in [5.74, 6) is -0.221. The summed E-state index contributed by atoms with van der Waals surface area (Å²) in [4.78, 5) is 30.1. The monoisotopic (exact) mass is 465 g/mol. The Hall–Kier alpha value is -4.03. The largest absolute Gasteiger partial charge is 0.352 e. The summed E-state index contributed by atoms with van der Waals surface area (Å²) in [7, 11) is 0. The number of para-hydroxylation sites is 3. The van der Waals surface area contributed by atoms with Crippen molar-refractivity contribution in [1.82, 2.24) is 5.32 Å². The van der Waals surface area contributed by atoms with Gasteiger partial charge in [-0.25, -0.2) is 4.79 Å². The van der Waals surface area contributed by atoms with Crippen molar-refractivity contribution in [3.05, 3.63) is 114 Å². The van der Waals surface area contributed by atoms with Gasteiger partial charge in [-0.3, -0.25) is 9.69 Å². The highest BCUT2D eigenvalue weighted by molar-refractivity contribution is 7.99. The van der Waals surface area contributed by atoms with Crippen LogP contribution in [0.25, 0.3) is 0 Å². The lowest BCUT2D eigenvalue weighted by atomic mass is 10.1. The zero-order valence-electron chi connectivity index (χ0n) is 18.4. The molecule has 5 nitrogen and oxygen atoms in total. The van der Waals surface area contributed by atoms with E-state index in [9.17, 15) is 9.59 Å². The quantitative estimate of drug-likeness (QED) is 0.354. The summed E-state index contributed by atoms with van der Waals surface area (Å²) >= 11 is 1.64. The summed E-state index contributed by atoms with van der Waals surface area (Å²) in [5, 5.41) is 5.93. The first-order valence-electron chi connectivity index (χ1n) is 11.1. The standard InChI is InChI=1S/C28H23N3O2S/c32-27(29-19-18-20-10-2-1-3-11-20)21-12-4-5-13-22(21)30-28(33)31-23-14-6-8-16-25(23)34-26-17-9-7-15-24(26)31/h1-17H,18-19H2,(H,29,32)(H,30,33). The number of nitrogens with zero attached hydrogens (tertiary/aromatic N) is 1. The minimum Gasteiger partial charge on any atom is -0.352 e. The summed E-state index contributed by atoms with van der Waals surface area (Å²) in [5.41, 5.74) is 3.68. The van der Waals surface area contributed by atoms with Crippen LogP contribution in [0.5, 0.6) is 0 Å². The fourth-order valence-corrected chi connectivity index (χ4v) is 5.00. The second kappa shape index (κ2) is 9.85. The summed E-state index contributed by atoms with van der Waals surface area (Å²) in [6.45, 7) is 0.509. The van der Waals surface area contributed by atoms with Crippen LogP contribution in [-0.2, 0) is 6.42 Å². The van der Waals surface area contributed by atoms with Crippen molar-refractivity contribution in [1.29, 1.82) is 0 Å². The van der Waals surface area contributed by atoms with E-state index in [0.29, 0.717) is 17.8 Å². The number of hydrogen-bond donors (Lipinski definition) is 2. The number of fused-ring (bicyclic) bond motifs is 2. The predicted octanol–water partition coefficient (Wildman–Crippen LogP) is 6.49. The lowest BCUT2D eigenvalue weighted by Crippen LogP contribution is -2.34. The second-order valence-electron chi connectivity index (χ2n) is 7.84. The van der Waals surface area contributed by atoms with Crippen molar-refractivity contribution in [2.24, 2.45) is 0 Å². The summed E-state index contributed by atoms with van der Waals surface area (Å²) in [6.07, 6.45) is 0.736. The van der Waals surface area contributed by atoms with E-state index in [-0.39, 0.29) is 11.9 Å². The summed E-state index contributed by atoms with van der Waals surface area (Å²) in [6, 6.07) is 32.4. The van der Waals surface area contributed by atoms with Gasteiger partial charge in [0.1, 0.15) is 0 Å². The maximum atomic E-state index is 13.5. The van der Waals surface area contributed by atoms with E-state index < -0.39 is 0 Å². The Bertz CT molecular complexity index is 1290. The lowest BCUT2D eigenvalue weighted by Gasteiger charge is -2.31. The van der Waals surface area contributed by atoms with Crippen LogP contribution in [0.2, 0.25) is 0 Å². The first-order chi connectivity index (χ1) is 16.7. The number of carbonyl (C=O) groups excluding carboxylic acids is 2. The van der Waals surface area contributed by atoms with Crippen LogP contribution in [0.1, 0.15) is 15.9 Å². The highest BCUT2D eigenvalue weighted by atomic mass is 32.2. The Morgan fingerprint density at radius 1 is 0.706 bits per heavy atom. The highest BCUT2D eigenvalue weighted by Gasteiger charge is 2.28. The number of anilines is 3. The van der Waals surface area contributed by atoms with Crippen LogP contribution >= 0.6 is 11.8 Å². The summed E-state index contributed by atoms with van der Waals surface area (Å²) < 4.78 is 0. The molecule has 0 saturated carbocycles. The molecular weight excluding hydrogens is 442 g/mol. The number of rotatable bonds is 5. The van der Waals surface area contributed by atoms with Crippen molar-refractivity contribution >= 4 is 40.8 Å². The van der Waals surface area contributed by atoms with Crippen molar-refractivity contribution in [2.45, 2.75) is 16.2 Å². The first-order valence-corrected chi connectivity index (χ1v) is 11.9. The molecule has 3 amide bonds. The molecule has 0 spiro atoms. The fourth-order valence-electron chi connectivity index (χ4n) is 3.94. The molecule has 168 valence electrons. The molecule has 0 aliphatic carbocycles. The van der Waals surface area contributed by atoms with Crippen molar-refractivity contribution < 1.29 is 9.59 Å². The number of urea groups is 1. The molecule has 1 heterocycles. The van der Waals surface area contributed by atoms with E-state index in [2.05, 4.69) is 10.6 Å². The van der Waals surface area contributed by atoms with Gasteiger partial charge in [-0.15, -0.1) is 0 Å². The van der Waals surface area contributed by atoms with E-state index >= 15 is 0 Å². The van der Waals surface area contributed by atoms with Gasteiger partial charge in [-0.2, -0.15) is 0 Å². The molecule has 1 aliphatic rings. The van der Waals surface area contributed by atoms with Crippen molar-refractivity contribution in [3.8, 4) is 0 Å². The number of benzene rings is 4. The topological polar surface area (TPSA) is 61.4 Å². The molecule has 2 N–H and O–H groups in total. The van der Waals surface area contributed by atoms with Crippen LogP contribution in [0.15, 0.2) is 113 Å². The van der Waals surface area contributed by atoms with Crippen molar-refractivity contribution in [3.63, 3.8) is 0 Å². The van der Waals surface area contributed by atoms with Crippen LogP contribution in [-0.4, -0.2) is 18.5 Å². The van der Waals surface area contributed by atoms with E-state index in [1.54, 1.807) is 34.9 Å². The van der Waals surface area contributed by atoms with Gasteiger partial charge in [-0.1, -0.05) is 78.5 Å². The Morgan fingerprint density at radius 2 is 1.29 bits per heavy atom. The molecule has 0 atom stereocenters. The molecule has 0 bridgehead atoms. The molecule has 0 fully saturated rings. The molecule has 5 rings (SSSR count). The average molecular weight is 466 g/mol. The number of amides is 3. The molecule has 0 aromatic heterocycles. The average Bonchev–Trinajstić information content (AvgIpc) is 2.88. The fraction of sp³-hybridized carbons (Fsp3) is 0.0714. The molecule has 4 aromatic rings. The minimum absolute atomic E-state index is 0.221. The SMILES string of the molecule is O=C(NCCc1ccccc1)c1ccccc1NC(=O)N1c2ccccc2Sc2ccccc21. The first kappa shape index (κ1) is 21.8. The maximum Gasteiger partial charge on any atom is 0.331 e. The minimum atomic E-state index is -0.315. The van der Waals surface area contributed by atoms with E-state index in [0.717, 1.165) is 33.2 Å². The molecule has 1 aliphatic heterocycles. The Balaban J connectivity index is 1.36. The number of nitrogens with one attached hydrogen (secondary N) is 2. The zero-order valence-corrected chi connectivity index (χ0v) is 19.2. The smallest absolute Gasteiger partial charge is 0.331 e. The van der Waals surface area contributed by atoms with Crippen LogP contribution in [0, 0.1) is 0 Å². The molecule has 6 heteroatoms. The molecule has 34 heavy (non-hydrogen) atoms. The van der Waals surface area contributed by atoms with Gasteiger partial charge in [-0.05, 0) is 48.4 Å². The van der Waals surface area contributed by atoms with Crippen LogP contribution < -0.4 is 15.5 Å². The third kappa shape index (κ3) is 4.54. The highest BCUT2D eigenvalue weighted by Crippen LogP contribution is 2.48. The van der Waals surface area contributed by atoms with Gasteiger partial charge in [0.15, 0.2) is 0 Å². The normalized spacial score (nSPS) is 11.8. The maximum absolute atomic E-state index is 13.5. The van der Waals surface area contributed by atoms with E-state index in [1.165, 1.54) is 0 Å². The van der Waals surface area contributed by atoms with Gasteiger partial charge in [0.05, 0.1) is 22.6 Å². The van der Waals surface area contributed by atoms with E-state index in [1.807, 2.05) is 84.9 Å². The molecule has 0 radical (unpaired) electrons. The van der Waals surface area contributed by atoms with E-state index in [4.69, 9.17) is 0 Å². The lowest BCUT2D eigenvalue weighted by molar-refractivity contribution is 0.0955. The number of hydrogen-bond acceptors (Lipinski definition) is 3. The number of carbonyl (C=O) groups is 2. The predicted molar refractivity (Wildman–Crippen MR) is 137 cm³/mol. The molecule has 4 aromatic carbocycles. The third-order valence-electron chi connectivity index (χ3n) is 5.59. The molecular formula is C28H23N3O2S. The Kier molecular flexibility index (Phi) is 6.31. The van der Waals surface area contributed by atoms with Crippen LogP contribution in [0.4, 0.5) is 21.9 Å². The van der Waals surface area contributed by atoms with Gasteiger partial charge in [0.25, 0.3) is 5.91 Å². The van der Waals surface area contributed by atoms with Gasteiger partial charge < -0.3 is 10.6 Å². The molecule has 0 unspecified atom stereocenters. The Morgan fingerprint density at radius 3 is 2.00 bits per heavy atom. The van der Waals surface area contributed by atoms with Gasteiger partial charge >= 0.3 is 6.03 Å². The van der Waals surface area contributed by atoms with Crippen LogP contribution in [0.3, 0.4) is 0 Å². The molecule has 0 saturated heterocycles. The zero-order chi connectivity index (χ0) is 23.3. The van der Waals surface area contributed by atoms with Crippen molar-refractivity contribution in [2.75, 3.05) is 16.8 Å². The van der Waals surface area contributed by atoms with Gasteiger partial charge in [0.2, 0.25) is 0 Å². The van der Waals surface area contributed by atoms with Gasteiger partial charge in [0, 0.05) is 16.3 Å². The second-order valence-corrected chi connectivity index (χ2v) is 8.92.